The summed E-state index contributed by atoms with van der Waals surface area (Å²) >= 11 is -5.12. The zero-order valence-electron chi connectivity index (χ0n) is 28.7. The van der Waals surface area contributed by atoms with E-state index in [1.165, 1.54) is 11.1 Å². The van der Waals surface area contributed by atoms with Crippen LogP contribution in [-0.4, -0.2) is 11.9 Å². The van der Waals surface area contributed by atoms with Crippen LogP contribution in [0.4, 0.5) is 0 Å². The SMILES string of the molecule is O=C([O][Ti]([O]C(=O)c1cccc2ccccc12)([c]1cccc2c1Cc1ccccc1-2)[c]1cccc2c1Cc1ccccc1-2)c1cccc2ccccc12. The van der Waals surface area contributed by atoms with Gasteiger partial charge in [-0.15, -0.1) is 0 Å². The van der Waals surface area contributed by atoms with Crippen LogP contribution in [0.2, 0.25) is 0 Å². The Morgan fingerprint density at radius 2 is 0.774 bits per heavy atom. The standard InChI is InChI=1S/2C13H9.2C11H8O2.Ti/c2*1-3-7-12-10(5-1)9-11-6-2-4-8-13(11)12;2*12-11(13)10-7-3-5-8-4-1-2-6-9(8)10;/h2*1-5,7-8H,9H2;2*1-7H,(H,12,13);/q;;;;+2/p-2. The van der Waals surface area contributed by atoms with Gasteiger partial charge in [0.25, 0.3) is 0 Å². The number of hydrogen-bond acceptors (Lipinski definition) is 4. The molecule has 0 saturated carbocycles. The Balaban J connectivity index is 1.26. The molecule has 8 aromatic rings. The van der Waals surface area contributed by atoms with Gasteiger partial charge in [-0.3, -0.25) is 0 Å². The van der Waals surface area contributed by atoms with E-state index < -0.39 is 29.3 Å². The van der Waals surface area contributed by atoms with Crippen LogP contribution in [0.1, 0.15) is 43.0 Å². The van der Waals surface area contributed by atoms with Crippen molar-refractivity contribution in [3.05, 3.63) is 203 Å². The first-order chi connectivity index (χ1) is 26.1. The Kier molecular flexibility index (Phi) is 7.50. The molecule has 0 spiro atoms. The van der Waals surface area contributed by atoms with E-state index in [-0.39, 0.29) is 0 Å². The second kappa shape index (κ2) is 12.6. The minimum atomic E-state index is -5.12. The third-order valence-corrected chi connectivity index (χ3v) is 16.1. The first kappa shape index (κ1) is 31.7. The molecule has 252 valence electrons. The van der Waals surface area contributed by atoms with E-state index in [1.54, 1.807) is 12.1 Å². The molecule has 0 aliphatic heterocycles. The van der Waals surface area contributed by atoms with Gasteiger partial charge >= 0.3 is 313 Å². The van der Waals surface area contributed by atoms with Gasteiger partial charge in [-0.05, 0) is 0 Å². The minimum absolute atomic E-state index is 0.436. The van der Waals surface area contributed by atoms with Crippen molar-refractivity contribution < 1.29 is 33.6 Å². The number of carbonyl (C=O) groups excluding carboxylic acids is 2. The monoisotopic (exact) mass is 720 g/mol. The van der Waals surface area contributed by atoms with Gasteiger partial charge in [0.05, 0.1) is 0 Å². The van der Waals surface area contributed by atoms with Crippen molar-refractivity contribution in [2.45, 2.75) is 12.8 Å². The number of fused-ring (bicyclic) bond motifs is 8. The Hall–Kier alpha value is -6.07. The molecular formula is C48H32O4Ti. The van der Waals surface area contributed by atoms with Crippen LogP contribution in [0.15, 0.2) is 170 Å². The van der Waals surface area contributed by atoms with Gasteiger partial charge < -0.3 is 0 Å². The molecule has 5 heteroatoms. The van der Waals surface area contributed by atoms with Crippen molar-refractivity contribution in [3.8, 4) is 22.3 Å². The molecule has 0 saturated heterocycles. The molecule has 0 N–H and O–H groups in total. The number of rotatable bonds is 6. The van der Waals surface area contributed by atoms with Crippen molar-refractivity contribution in [2.75, 3.05) is 0 Å². The van der Waals surface area contributed by atoms with Crippen molar-refractivity contribution in [2.24, 2.45) is 0 Å². The van der Waals surface area contributed by atoms with Gasteiger partial charge in [0.15, 0.2) is 0 Å². The topological polar surface area (TPSA) is 52.6 Å². The molecule has 0 amide bonds. The molecule has 0 bridgehead atoms. The third kappa shape index (κ3) is 5.09. The Morgan fingerprint density at radius 1 is 0.396 bits per heavy atom. The fourth-order valence-corrected chi connectivity index (χ4v) is 13.8. The van der Waals surface area contributed by atoms with Crippen molar-refractivity contribution >= 4 is 41.2 Å². The molecule has 2 aliphatic carbocycles. The summed E-state index contributed by atoms with van der Waals surface area (Å²) in [6, 6.07) is 56.2. The van der Waals surface area contributed by atoms with Crippen LogP contribution in [-0.2, 0) is 36.8 Å². The first-order valence-electron chi connectivity index (χ1n) is 17.9. The third-order valence-electron chi connectivity index (χ3n) is 10.9. The van der Waals surface area contributed by atoms with Gasteiger partial charge in [0, 0.05) is 0 Å². The molecule has 0 heterocycles. The Morgan fingerprint density at radius 3 is 1.26 bits per heavy atom. The average molecular weight is 721 g/mol. The van der Waals surface area contributed by atoms with Gasteiger partial charge in [0.1, 0.15) is 0 Å². The first-order valence-corrected chi connectivity index (χ1v) is 20.8. The summed E-state index contributed by atoms with van der Waals surface area (Å²) < 4.78 is 15.9. The molecule has 10 rings (SSSR count). The number of hydrogen-bond donors (Lipinski definition) is 0. The fraction of sp³-hybridized carbons (Fsp3) is 0.0417. The molecule has 4 nitrogen and oxygen atoms in total. The molecular weight excluding hydrogens is 688 g/mol. The summed E-state index contributed by atoms with van der Waals surface area (Å²) in [4.78, 5) is 30.0. The summed E-state index contributed by atoms with van der Waals surface area (Å²) in [5.74, 6) is -1.01. The second-order valence-electron chi connectivity index (χ2n) is 13.8. The van der Waals surface area contributed by atoms with Gasteiger partial charge in [-0.1, -0.05) is 0 Å². The van der Waals surface area contributed by atoms with Crippen molar-refractivity contribution in [1.82, 2.24) is 0 Å². The molecule has 0 unspecified atom stereocenters. The fourth-order valence-electron chi connectivity index (χ4n) is 8.49. The summed E-state index contributed by atoms with van der Waals surface area (Å²) in [5, 5.41) is 3.43. The summed E-state index contributed by atoms with van der Waals surface area (Å²) in [5.41, 5.74) is 9.78. The normalized spacial score (nSPS) is 12.5. The predicted molar refractivity (Wildman–Crippen MR) is 207 cm³/mol. The molecule has 2 aliphatic rings. The van der Waals surface area contributed by atoms with Crippen molar-refractivity contribution in [3.63, 3.8) is 0 Å². The van der Waals surface area contributed by atoms with Gasteiger partial charge in [0.2, 0.25) is 0 Å². The summed E-state index contributed by atoms with van der Waals surface area (Å²) in [6.07, 6.45) is 1.28. The predicted octanol–water partition coefficient (Wildman–Crippen LogP) is 9.78. The van der Waals surface area contributed by atoms with E-state index in [0.717, 1.165) is 62.7 Å². The average Bonchev–Trinajstić information content (AvgIpc) is 3.79. The second-order valence-corrected chi connectivity index (χ2v) is 18.0. The maximum atomic E-state index is 15.0. The van der Waals surface area contributed by atoms with Gasteiger partial charge in [-0.25, -0.2) is 0 Å². The molecule has 0 radical (unpaired) electrons. The van der Waals surface area contributed by atoms with E-state index in [0.29, 0.717) is 24.0 Å². The van der Waals surface area contributed by atoms with E-state index in [1.807, 2.05) is 97.1 Å². The van der Waals surface area contributed by atoms with E-state index in [2.05, 4.69) is 60.7 Å². The van der Waals surface area contributed by atoms with Crippen LogP contribution < -0.4 is 7.74 Å². The van der Waals surface area contributed by atoms with Crippen molar-refractivity contribution in [1.29, 1.82) is 0 Å². The van der Waals surface area contributed by atoms with Gasteiger partial charge in [-0.2, -0.15) is 0 Å². The van der Waals surface area contributed by atoms with E-state index in [9.17, 15) is 0 Å². The molecule has 8 aromatic carbocycles. The van der Waals surface area contributed by atoms with Crippen LogP contribution in [0.25, 0.3) is 43.8 Å². The molecule has 0 aromatic heterocycles. The Bertz CT molecular complexity index is 2600. The zero-order valence-corrected chi connectivity index (χ0v) is 30.3. The van der Waals surface area contributed by atoms with E-state index >= 15 is 9.59 Å². The zero-order chi connectivity index (χ0) is 35.5. The number of carbonyl (C=O) groups is 2. The molecule has 0 atom stereocenters. The van der Waals surface area contributed by atoms with Crippen LogP contribution >= 0.6 is 0 Å². The van der Waals surface area contributed by atoms with Crippen LogP contribution in [0.3, 0.4) is 0 Å². The van der Waals surface area contributed by atoms with Crippen LogP contribution in [0.5, 0.6) is 0 Å². The molecule has 0 fully saturated rings. The number of benzene rings is 8. The van der Waals surface area contributed by atoms with E-state index in [4.69, 9.17) is 6.64 Å². The summed E-state index contributed by atoms with van der Waals surface area (Å²) in [6.45, 7) is 0. The summed E-state index contributed by atoms with van der Waals surface area (Å²) in [7, 11) is 0. The molecule has 53 heavy (non-hydrogen) atoms. The van der Waals surface area contributed by atoms with Crippen LogP contribution in [0, 0.1) is 0 Å². The quantitative estimate of drug-likeness (QED) is 0.161. The Labute approximate surface area is 311 Å². The maximum absolute atomic E-state index is 15.0.